The number of esters is 1. The molecular weight excluding hydrogens is 292 g/mol. The van der Waals surface area contributed by atoms with Crippen LogP contribution in [0, 0.1) is 5.41 Å². The quantitative estimate of drug-likeness (QED) is 0.640. The van der Waals surface area contributed by atoms with Gasteiger partial charge in [0.15, 0.2) is 5.79 Å². The molecule has 0 radical (unpaired) electrons. The van der Waals surface area contributed by atoms with E-state index in [1.807, 2.05) is 42.5 Å². The minimum atomic E-state index is -0.805. The van der Waals surface area contributed by atoms with Crippen LogP contribution in [-0.4, -0.2) is 25.5 Å². The zero-order valence-corrected chi connectivity index (χ0v) is 13.2. The van der Waals surface area contributed by atoms with E-state index in [0.717, 1.165) is 30.0 Å². The second-order valence-corrected chi connectivity index (χ2v) is 6.39. The van der Waals surface area contributed by atoms with Crippen molar-refractivity contribution in [3.8, 4) is 5.75 Å². The van der Waals surface area contributed by atoms with E-state index < -0.39 is 11.2 Å². The summed E-state index contributed by atoms with van der Waals surface area (Å²) in [5.74, 6) is -0.461. The van der Waals surface area contributed by atoms with E-state index in [-0.39, 0.29) is 5.97 Å². The van der Waals surface area contributed by atoms with Gasteiger partial charge in [0, 0.05) is 13.5 Å². The topological polar surface area (TPSA) is 44.8 Å². The summed E-state index contributed by atoms with van der Waals surface area (Å²) in [5, 5.41) is 2.18. The maximum atomic E-state index is 12.9. The van der Waals surface area contributed by atoms with E-state index >= 15 is 0 Å². The average Bonchev–Trinajstić information content (AvgIpc) is 3.11. The Morgan fingerprint density at radius 2 is 1.91 bits per heavy atom. The van der Waals surface area contributed by atoms with Crippen molar-refractivity contribution in [1.82, 2.24) is 0 Å². The molecule has 0 spiro atoms. The normalized spacial score (nSPS) is 29.6. The molecule has 2 fully saturated rings. The number of ether oxygens (including phenoxy) is 3. The SMILES string of the molecule is COC12CCCC1(C(=O)Oc1ccc3ccccc3c1)CCO2. The Hall–Kier alpha value is -1.91. The van der Waals surface area contributed by atoms with Gasteiger partial charge in [0.05, 0.1) is 6.61 Å². The zero-order chi connectivity index (χ0) is 15.9. The third-order valence-corrected chi connectivity index (χ3v) is 5.35. The monoisotopic (exact) mass is 312 g/mol. The molecule has 2 unspecified atom stereocenters. The summed E-state index contributed by atoms with van der Waals surface area (Å²) < 4.78 is 17.2. The Morgan fingerprint density at radius 1 is 1.09 bits per heavy atom. The van der Waals surface area contributed by atoms with Gasteiger partial charge in [0.25, 0.3) is 0 Å². The van der Waals surface area contributed by atoms with Crippen LogP contribution in [0.1, 0.15) is 25.7 Å². The minimum Gasteiger partial charge on any atom is -0.426 e. The molecule has 4 rings (SSSR count). The lowest BCUT2D eigenvalue weighted by atomic mass is 9.80. The Bertz CT molecular complexity index is 742. The highest BCUT2D eigenvalue weighted by Gasteiger charge is 2.65. The Kier molecular flexibility index (Phi) is 3.39. The second kappa shape index (κ2) is 5.32. The zero-order valence-electron chi connectivity index (χ0n) is 13.2. The molecule has 2 aromatic rings. The molecule has 0 aromatic heterocycles. The summed E-state index contributed by atoms with van der Waals surface area (Å²) in [6, 6.07) is 13.7. The highest BCUT2D eigenvalue weighted by molar-refractivity contribution is 5.86. The van der Waals surface area contributed by atoms with Crippen molar-refractivity contribution < 1.29 is 19.0 Å². The molecule has 1 aliphatic carbocycles. The van der Waals surface area contributed by atoms with Gasteiger partial charge in [-0.1, -0.05) is 30.3 Å². The lowest BCUT2D eigenvalue weighted by Gasteiger charge is -2.35. The maximum Gasteiger partial charge on any atom is 0.323 e. The summed E-state index contributed by atoms with van der Waals surface area (Å²) in [7, 11) is 1.62. The molecule has 2 aromatic carbocycles. The number of benzene rings is 2. The fourth-order valence-electron chi connectivity index (χ4n) is 4.12. The number of hydrogen-bond donors (Lipinski definition) is 0. The number of hydrogen-bond acceptors (Lipinski definition) is 4. The van der Waals surface area contributed by atoms with Crippen molar-refractivity contribution in [2.24, 2.45) is 5.41 Å². The van der Waals surface area contributed by atoms with E-state index in [4.69, 9.17) is 14.2 Å². The number of carbonyl (C=O) groups is 1. The van der Waals surface area contributed by atoms with Crippen LogP contribution in [0.25, 0.3) is 10.8 Å². The molecular formula is C19H20O4. The molecule has 0 amide bonds. The standard InChI is InChI=1S/C19H20O4/c1-21-19-10-4-9-18(19,11-12-22-19)17(20)23-16-8-7-14-5-2-3-6-15(14)13-16/h2-3,5-8,13H,4,9-12H2,1H3. The Labute approximate surface area is 135 Å². The van der Waals surface area contributed by atoms with Crippen molar-refractivity contribution in [1.29, 1.82) is 0 Å². The van der Waals surface area contributed by atoms with Crippen molar-refractivity contribution in [3.05, 3.63) is 42.5 Å². The first-order chi connectivity index (χ1) is 11.2. The van der Waals surface area contributed by atoms with Crippen LogP contribution in [0.5, 0.6) is 5.75 Å². The van der Waals surface area contributed by atoms with Crippen molar-refractivity contribution in [2.75, 3.05) is 13.7 Å². The lowest BCUT2D eigenvalue weighted by Crippen LogP contribution is -2.49. The van der Waals surface area contributed by atoms with E-state index in [9.17, 15) is 4.79 Å². The van der Waals surface area contributed by atoms with Crippen LogP contribution in [0.15, 0.2) is 42.5 Å². The summed E-state index contributed by atoms with van der Waals surface area (Å²) in [4.78, 5) is 12.9. The van der Waals surface area contributed by atoms with E-state index in [2.05, 4.69) is 0 Å². The number of methoxy groups -OCH3 is 1. The molecule has 4 nitrogen and oxygen atoms in total. The molecule has 1 saturated heterocycles. The first kappa shape index (κ1) is 14.7. The third kappa shape index (κ3) is 2.09. The molecule has 120 valence electrons. The number of fused-ring (bicyclic) bond motifs is 2. The lowest BCUT2D eigenvalue weighted by molar-refractivity contribution is -0.234. The molecule has 2 atom stereocenters. The maximum absolute atomic E-state index is 12.9. The fraction of sp³-hybridized carbons (Fsp3) is 0.421. The molecule has 4 heteroatoms. The Morgan fingerprint density at radius 3 is 2.74 bits per heavy atom. The molecule has 1 heterocycles. The summed E-state index contributed by atoms with van der Waals surface area (Å²) in [6.07, 6.45) is 3.08. The third-order valence-electron chi connectivity index (χ3n) is 5.35. The summed E-state index contributed by atoms with van der Waals surface area (Å²) >= 11 is 0. The van der Waals surface area contributed by atoms with Gasteiger partial charge >= 0.3 is 5.97 Å². The van der Waals surface area contributed by atoms with Crippen molar-refractivity contribution in [2.45, 2.75) is 31.5 Å². The van der Waals surface area contributed by atoms with Crippen molar-refractivity contribution >= 4 is 16.7 Å². The average molecular weight is 312 g/mol. The first-order valence-corrected chi connectivity index (χ1v) is 8.09. The fourth-order valence-corrected chi connectivity index (χ4v) is 4.12. The number of carbonyl (C=O) groups excluding carboxylic acids is 1. The van der Waals surface area contributed by atoms with Crippen LogP contribution in [0.2, 0.25) is 0 Å². The molecule has 2 aliphatic rings. The van der Waals surface area contributed by atoms with Crippen LogP contribution >= 0.6 is 0 Å². The van der Waals surface area contributed by atoms with Gasteiger partial charge in [0.2, 0.25) is 0 Å². The smallest absolute Gasteiger partial charge is 0.323 e. The first-order valence-electron chi connectivity index (χ1n) is 8.09. The van der Waals surface area contributed by atoms with Gasteiger partial charge in [-0.15, -0.1) is 0 Å². The van der Waals surface area contributed by atoms with E-state index in [0.29, 0.717) is 18.8 Å². The second-order valence-electron chi connectivity index (χ2n) is 6.39. The van der Waals surface area contributed by atoms with Crippen molar-refractivity contribution in [3.63, 3.8) is 0 Å². The molecule has 1 saturated carbocycles. The van der Waals surface area contributed by atoms with Gasteiger partial charge in [-0.2, -0.15) is 0 Å². The predicted octanol–water partition coefficient (Wildman–Crippen LogP) is 3.68. The van der Waals surface area contributed by atoms with E-state index in [1.54, 1.807) is 7.11 Å². The van der Waals surface area contributed by atoms with Crippen LogP contribution in [0.3, 0.4) is 0 Å². The van der Waals surface area contributed by atoms with Gasteiger partial charge in [0.1, 0.15) is 11.2 Å². The highest BCUT2D eigenvalue weighted by atomic mass is 16.7. The molecule has 23 heavy (non-hydrogen) atoms. The van der Waals surface area contributed by atoms with Gasteiger partial charge < -0.3 is 14.2 Å². The van der Waals surface area contributed by atoms with Crippen LogP contribution in [0.4, 0.5) is 0 Å². The van der Waals surface area contributed by atoms with Crippen LogP contribution in [-0.2, 0) is 14.3 Å². The van der Waals surface area contributed by atoms with E-state index in [1.165, 1.54) is 0 Å². The molecule has 0 bridgehead atoms. The summed E-state index contributed by atoms with van der Waals surface area (Å²) in [6.45, 7) is 0.542. The predicted molar refractivity (Wildman–Crippen MR) is 86.2 cm³/mol. The summed E-state index contributed by atoms with van der Waals surface area (Å²) in [5.41, 5.74) is -0.673. The highest BCUT2D eigenvalue weighted by Crippen LogP contribution is 2.56. The molecule has 0 N–H and O–H groups in total. The minimum absolute atomic E-state index is 0.232. The van der Waals surface area contributed by atoms with Gasteiger partial charge in [-0.05, 0) is 42.2 Å². The van der Waals surface area contributed by atoms with Crippen LogP contribution < -0.4 is 4.74 Å². The van der Waals surface area contributed by atoms with Gasteiger partial charge in [-0.3, -0.25) is 4.79 Å². The van der Waals surface area contributed by atoms with Gasteiger partial charge in [-0.25, -0.2) is 0 Å². The number of rotatable bonds is 3. The largest absolute Gasteiger partial charge is 0.426 e. The molecule has 1 aliphatic heterocycles. The Balaban J connectivity index is 1.64.